The van der Waals surface area contributed by atoms with E-state index in [0.29, 0.717) is 12.8 Å². The molecule has 0 saturated heterocycles. The maximum absolute atomic E-state index is 12.6. The largest absolute Gasteiger partial charge is 0.297 e. The first-order valence-electron chi connectivity index (χ1n) is 8.28. The first-order chi connectivity index (χ1) is 12.9. The number of Topliss-reactive ketones (excluding diaryl/α,β-unsaturated/α-hetero) is 1. The van der Waals surface area contributed by atoms with Crippen LogP contribution in [-0.4, -0.2) is 44.8 Å². The number of hydrogen-bond donors (Lipinski definition) is 0. The van der Waals surface area contributed by atoms with E-state index in [1.54, 1.807) is 24.3 Å². The van der Waals surface area contributed by atoms with Crippen molar-refractivity contribution >= 4 is 57.3 Å². The van der Waals surface area contributed by atoms with Crippen molar-refractivity contribution in [3.05, 3.63) is 59.7 Å². The molecule has 0 aromatic heterocycles. The minimum Gasteiger partial charge on any atom is -0.297 e. The van der Waals surface area contributed by atoms with Gasteiger partial charge < -0.3 is 0 Å². The third kappa shape index (κ3) is 6.50. The zero-order chi connectivity index (χ0) is 21.1. The Morgan fingerprint density at radius 1 is 0.714 bits per heavy atom. The van der Waals surface area contributed by atoms with Gasteiger partial charge in [0, 0.05) is 12.5 Å². The summed E-state index contributed by atoms with van der Waals surface area (Å²) in [5.74, 6) is -0.0422. The van der Waals surface area contributed by atoms with E-state index in [4.69, 9.17) is 0 Å². The van der Waals surface area contributed by atoms with Crippen LogP contribution >= 0.6 is 31.9 Å². The lowest BCUT2D eigenvalue weighted by molar-refractivity contribution is -0.117. The van der Waals surface area contributed by atoms with Crippen molar-refractivity contribution in [3.8, 4) is 0 Å². The second-order valence-electron chi connectivity index (χ2n) is 6.58. The molecule has 152 valence electrons. The van der Waals surface area contributed by atoms with Crippen LogP contribution in [0.1, 0.15) is 11.1 Å². The third-order valence-electron chi connectivity index (χ3n) is 4.15. The van der Waals surface area contributed by atoms with Crippen molar-refractivity contribution in [2.45, 2.75) is 32.3 Å². The van der Waals surface area contributed by atoms with E-state index in [1.165, 1.54) is 24.3 Å². The molecule has 5 nitrogen and oxygen atoms in total. The van der Waals surface area contributed by atoms with E-state index < -0.39 is 29.3 Å². The van der Waals surface area contributed by atoms with Gasteiger partial charge in [-0.1, -0.05) is 56.1 Å². The van der Waals surface area contributed by atoms with E-state index in [1.807, 2.05) is 0 Å². The standard InChI is InChI=1S/C19H20Br2O5S2/c1-27(23,24)15-7-3-13(4-8-15)11-17(20)19(22)18(21)12-14-5-9-16(10-6-14)28(2,25)26/h3-10,17-18H,11-12H2,1-2H3. The maximum Gasteiger partial charge on any atom is 0.175 e. The molecule has 0 bridgehead atoms. The van der Waals surface area contributed by atoms with Crippen molar-refractivity contribution in [2.75, 3.05) is 12.5 Å². The Kier molecular flexibility index (Phi) is 7.63. The number of carbonyl (C=O) groups is 1. The molecule has 2 atom stereocenters. The lowest BCUT2D eigenvalue weighted by atomic mass is 10.0. The van der Waals surface area contributed by atoms with Crippen LogP contribution in [0, 0.1) is 0 Å². The molecule has 0 amide bonds. The van der Waals surface area contributed by atoms with E-state index in [2.05, 4.69) is 31.9 Å². The van der Waals surface area contributed by atoms with Crippen LogP contribution in [0.15, 0.2) is 58.3 Å². The van der Waals surface area contributed by atoms with Gasteiger partial charge in [0.05, 0.1) is 19.4 Å². The highest BCUT2D eigenvalue weighted by atomic mass is 79.9. The highest BCUT2D eigenvalue weighted by Crippen LogP contribution is 2.21. The van der Waals surface area contributed by atoms with Crippen LogP contribution in [0.3, 0.4) is 0 Å². The molecule has 0 saturated carbocycles. The molecule has 0 N–H and O–H groups in total. The zero-order valence-corrected chi connectivity index (χ0v) is 20.1. The molecule has 9 heteroatoms. The van der Waals surface area contributed by atoms with E-state index >= 15 is 0 Å². The SMILES string of the molecule is CS(=O)(=O)c1ccc(CC(Br)C(=O)C(Br)Cc2ccc(S(C)(=O)=O)cc2)cc1. The topological polar surface area (TPSA) is 85.3 Å². The van der Waals surface area contributed by atoms with Crippen molar-refractivity contribution in [1.82, 2.24) is 0 Å². The van der Waals surface area contributed by atoms with Crippen molar-refractivity contribution in [2.24, 2.45) is 0 Å². The van der Waals surface area contributed by atoms with Gasteiger partial charge in [0.1, 0.15) is 0 Å². The van der Waals surface area contributed by atoms with Crippen LogP contribution in [0.5, 0.6) is 0 Å². The minimum absolute atomic E-state index is 0.0422. The number of carbonyl (C=O) groups excluding carboxylic acids is 1. The van der Waals surface area contributed by atoms with Gasteiger partial charge in [-0.2, -0.15) is 0 Å². The Hall–Kier alpha value is -1.03. The Balaban J connectivity index is 2.00. The molecule has 0 radical (unpaired) electrons. The fraction of sp³-hybridized carbons (Fsp3) is 0.316. The molecule has 0 heterocycles. The number of alkyl halides is 2. The van der Waals surface area contributed by atoms with Crippen molar-refractivity contribution in [3.63, 3.8) is 0 Å². The average Bonchev–Trinajstić information content (AvgIpc) is 2.60. The van der Waals surface area contributed by atoms with Crippen molar-refractivity contribution in [1.29, 1.82) is 0 Å². The number of hydrogen-bond acceptors (Lipinski definition) is 5. The highest BCUT2D eigenvalue weighted by Gasteiger charge is 2.23. The summed E-state index contributed by atoms with van der Waals surface area (Å²) in [5, 5.41) is 0. The maximum atomic E-state index is 12.6. The molecule has 0 aliphatic rings. The average molecular weight is 552 g/mol. The highest BCUT2D eigenvalue weighted by molar-refractivity contribution is 9.10. The van der Waals surface area contributed by atoms with Crippen LogP contribution in [0.2, 0.25) is 0 Å². The van der Waals surface area contributed by atoms with Gasteiger partial charge >= 0.3 is 0 Å². The first kappa shape index (κ1) is 23.3. The van der Waals surface area contributed by atoms with Gasteiger partial charge in [0.15, 0.2) is 25.5 Å². The van der Waals surface area contributed by atoms with Crippen molar-refractivity contribution < 1.29 is 21.6 Å². The van der Waals surface area contributed by atoms with Gasteiger partial charge in [-0.25, -0.2) is 16.8 Å². The summed E-state index contributed by atoms with van der Waals surface area (Å²) in [6.45, 7) is 0. The number of halogens is 2. The summed E-state index contributed by atoms with van der Waals surface area (Å²) in [6, 6.07) is 12.9. The van der Waals surface area contributed by atoms with Gasteiger partial charge in [0.25, 0.3) is 0 Å². The lowest BCUT2D eigenvalue weighted by Crippen LogP contribution is -2.27. The fourth-order valence-corrected chi connectivity index (χ4v) is 5.56. The van der Waals surface area contributed by atoms with Gasteiger partial charge in [0.2, 0.25) is 0 Å². The zero-order valence-electron chi connectivity index (χ0n) is 15.3. The Labute approximate surface area is 182 Å². The predicted molar refractivity (Wildman–Crippen MR) is 117 cm³/mol. The Morgan fingerprint density at radius 3 is 1.25 bits per heavy atom. The third-order valence-corrected chi connectivity index (χ3v) is 7.96. The summed E-state index contributed by atoms with van der Waals surface area (Å²) in [4.78, 5) is 12.2. The quantitative estimate of drug-likeness (QED) is 0.469. The molecule has 0 aliphatic carbocycles. The smallest absolute Gasteiger partial charge is 0.175 e. The summed E-state index contributed by atoms with van der Waals surface area (Å²) < 4.78 is 46.0. The molecule has 0 aliphatic heterocycles. The summed E-state index contributed by atoms with van der Waals surface area (Å²) in [5.41, 5.74) is 1.69. The monoisotopic (exact) mass is 550 g/mol. The van der Waals surface area contributed by atoms with Crippen LogP contribution in [-0.2, 0) is 37.3 Å². The van der Waals surface area contributed by atoms with Gasteiger partial charge in [-0.3, -0.25) is 4.79 Å². The van der Waals surface area contributed by atoms with Crippen LogP contribution < -0.4 is 0 Å². The minimum atomic E-state index is -3.25. The molecule has 2 unspecified atom stereocenters. The molecule has 0 spiro atoms. The number of rotatable bonds is 8. The van der Waals surface area contributed by atoms with E-state index in [-0.39, 0.29) is 15.6 Å². The van der Waals surface area contributed by atoms with Crippen LogP contribution in [0.4, 0.5) is 0 Å². The summed E-state index contributed by atoms with van der Waals surface area (Å²) >= 11 is 6.83. The van der Waals surface area contributed by atoms with Gasteiger partial charge in [-0.05, 0) is 48.2 Å². The predicted octanol–water partition coefficient (Wildman–Crippen LogP) is 3.37. The van der Waals surface area contributed by atoms with E-state index in [0.717, 1.165) is 23.6 Å². The molecular weight excluding hydrogens is 532 g/mol. The molecule has 2 aromatic rings. The molecule has 2 rings (SSSR count). The molecule has 28 heavy (non-hydrogen) atoms. The second kappa shape index (κ2) is 9.19. The van der Waals surface area contributed by atoms with Crippen LogP contribution in [0.25, 0.3) is 0 Å². The fourth-order valence-electron chi connectivity index (χ4n) is 2.56. The number of ketones is 1. The Morgan fingerprint density at radius 2 is 1.00 bits per heavy atom. The first-order valence-corrected chi connectivity index (χ1v) is 13.9. The Bertz CT molecular complexity index is 959. The second-order valence-corrected chi connectivity index (χ2v) is 12.8. The number of sulfone groups is 2. The molecular formula is C19H20Br2O5S2. The number of benzene rings is 2. The van der Waals surface area contributed by atoms with Gasteiger partial charge in [-0.15, -0.1) is 0 Å². The summed E-state index contributed by atoms with van der Waals surface area (Å²) in [7, 11) is -6.50. The molecule has 0 fully saturated rings. The summed E-state index contributed by atoms with van der Waals surface area (Å²) in [6.07, 6.45) is 3.16. The normalized spacial score (nSPS) is 14.4. The lowest BCUT2D eigenvalue weighted by Gasteiger charge is -2.14. The van der Waals surface area contributed by atoms with E-state index in [9.17, 15) is 21.6 Å². The molecule has 2 aromatic carbocycles.